The zero-order valence-corrected chi connectivity index (χ0v) is 12.1. The topological polar surface area (TPSA) is 42.0 Å². The van der Waals surface area contributed by atoms with Crippen molar-refractivity contribution in [2.75, 3.05) is 0 Å². The van der Waals surface area contributed by atoms with Gasteiger partial charge in [0.1, 0.15) is 0 Å². The summed E-state index contributed by atoms with van der Waals surface area (Å²) >= 11 is 5.83. The van der Waals surface area contributed by atoms with Crippen molar-refractivity contribution >= 4 is 17.5 Å². The molecular weight excluding hydrogens is 272 g/mol. The van der Waals surface area contributed by atoms with E-state index in [1.807, 2.05) is 43.3 Å². The minimum absolute atomic E-state index is 0.00396. The number of aromatic nitrogens is 1. The zero-order chi connectivity index (χ0) is 14.4. The molecule has 0 fully saturated rings. The molecule has 0 radical (unpaired) electrons. The number of rotatable bonds is 5. The Morgan fingerprint density at radius 2 is 1.85 bits per heavy atom. The van der Waals surface area contributed by atoms with Crippen LogP contribution in [0.5, 0.6) is 0 Å². The van der Waals surface area contributed by atoms with Gasteiger partial charge in [-0.05, 0) is 48.7 Å². The van der Waals surface area contributed by atoms with Crippen molar-refractivity contribution in [3.63, 3.8) is 0 Å². The van der Waals surface area contributed by atoms with Gasteiger partial charge < -0.3 is 5.32 Å². The lowest BCUT2D eigenvalue weighted by atomic mass is 10.1. The molecule has 2 aromatic rings. The van der Waals surface area contributed by atoms with Crippen LogP contribution in [0.4, 0.5) is 0 Å². The fourth-order valence-corrected chi connectivity index (χ4v) is 2.08. The van der Waals surface area contributed by atoms with E-state index in [2.05, 4.69) is 10.3 Å². The molecular formula is C16H17ClN2O. The predicted molar refractivity (Wildman–Crippen MR) is 80.6 cm³/mol. The number of hydrogen-bond acceptors (Lipinski definition) is 2. The van der Waals surface area contributed by atoms with Crippen LogP contribution in [0.3, 0.4) is 0 Å². The van der Waals surface area contributed by atoms with Gasteiger partial charge in [-0.3, -0.25) is 9.78 Å². The van der Waals surface area contributed by atoms with Crippen LogP contribution in [0.15, 0.2) is 48.8 Å². The molecule has 1 heterocycles. The third kappa shape index (κ3) is 4.35. The number of nitrogens with one attached hydrogen (secondary N) is 1. The fourth-order valence-electron chi connectivity index (χ4n) is 1.96. The van der Waals surface area contributed by atoms with E-state index >= 15 is 0 Å². The second kappa shape index (κ2) is 7.06. The Balaban J connectivity index is 1.82. The highest BCUT2D eigenvalue weighted by atomic mass is 35.5. The first kappa shape index (κ1) is 14.5. The number of pyridine rings is 1. The Morgan fingerprint density at radius 3 is 2.50 bits per heavy atom. The van der Waals surface area contributed by atoms with Crippen LogP contribution < -0.4 is 5.32 Å². The molecule has 20 heavy (non-hydrogen) atoms. The summed E-state index contributed by atoms with van der Waals surface area (Å²) < 4.78 is 0. The molecule has 104 valence electrons. The normalized spacial score (nSPS) is 11.9. The minimum atomic E-state index is -0.00396. The number of hydrogen-bond donors (Lipinski definition) is 1. The highest BCUT2D eigenvalue weighted by molar-refractivity contribution is 6.30. The van der Waals surface area contributed by atoms with E-state index in [0.29, 0.717) is 17.9 Å². The van der Waals surface area contributed by atoms with Crippen molar-refractivity contribution in [3.8, 4) is 0 Å². The third-order valence-corrected chi connectivity index (χ3v) is 3.39. The summed E-state index contributed by atoms with van der Waals surface area (Å²) in [6.07, 6.45) is 4.64. The maximum atomic E-state index is 11.9. The molecule has 0 aliphatic rings. The van der Waals surface area contributed by atoms with E-state index in [4.69, 9.17) is 11.6 Å². The van der Waals surface area contributed by atoms with Gasteiger partial charge in [-0.2, -0.15) is 0 Å². The third-order valence-electron chi connectivity index (χ3n) is 3.14. The van der Waals surface area contributed by atoms with Crippen molar-refractivity contribution in [2.45, 2.75) is 25.8 Å². The van der Waals surface area contributed by atoms with Gasteiger partial charge in [-0.15, -0.1) is 0 Å². The van der Waals surface area contributed by atoms with Crippen LogP contribution in [-0.4, -0.2) is 10.9 Å². The lowest BCUT2D eigenvalue weighted by Crippen LogP contribution is -2.26. The lowest BCUT2D eigenvalue weighted by Gasteiger charge is -2.14. The first-order valence-electron chi connectivity index (χ1n) is 6.59. The quantitative estimate of drug-likeness (QED) is 0.914. The standard InChI is InChI=1S/C16H17ClN2O/c1-12(14-8-10-18-11-9-14)19-16(20)7-4-13-2-5-15(17)6-3-13/h2-3,5-6,8-12H,4,7H2,1H3,(H,19,20)/t12-/m1/s1. The summed E-state index contributed by atoms with van der Waals surface area (Å²) in [6.45, 7) is 1.97. The zero-order valence-electron chi connectivity index (χ0n) is 11.3. The second-order valence-corrected chi connectivity index (χ2v) is 5.13. The molecule has 1 aromatic heterocycles. The van der Waals surface area contributed by atoms with Gasteiger partial charge in [-0.1, -0.05) is 23.7 Å². The molecule has 0 bridgehead atoms. The molecule has 0 aliphatic heterocycles. The van der Waals surface area contributed by atoms with E-state index in [0.717, 1.165) is 11.1 Å². The van der Waals surface area contributed by atoms with E-state index < -0.39 is 0 Å². The molecule has 1 atom stereocenters. The van der Waals surface area contributed by atoms with Crippen molar-refractivity contribution in [2.24, 2.45) is 0 Å². The number of nitrogens with zero attached hydrogens (tertiary/aromatic N) is 1. The van der Waals surface area contributed by atoms with Gasteiger partial charge in [-0.25, -0.2) is 0 Å². The number of carbonyl (C=O) groups is 1. The van der Waals surface area contributed by atoms with Gasteiger partial charge in [0.05, 0.1) is 6.04 Å². The summed E-state index contributed by atoms with van der Waals surface area (Å²) in [4.78, 5) is 15.9. The maximum absolute atomic E-state index is 11.9. The Bertz CT molecular complexity index is 554. The highest BCUT2D eigenvalue weighted by Gasteiger charge is 2.09. The molecule has 0 aliphatic carbocycles. The van der Waals surface area contributed by atoms with Crippen molar-refractivity contribution in [1.29, 1.82) is 0 Å². The van der Waals surface area contributed by atoms with Crippen molar-refractivity contribution in [3.05, 3.63) is 64.9 Å². The molecule has 2 rings (SSSR count). The van der Waals surface area contributed by atoms with Gasteiger partial charge >= 0.3 is 0 Å². The van der Waals surface area contributed by atoms with Gasteiger partial charge in [0.25, 0.3) is 0 Å². The summed E-state index contributed by atoms with van der Waals surface area (Å²) in [5, 5.41) is 3.70. The number of halogens is 1. The predicted octanol–water partition coefficient (Wildman–Crippen LogP) is 3.55. The summed E-state index contributed by atoms with van der Waals surface area (Å²) in [5.41, 5.74) is 2.17. The van der Waals surface area contributed by atoms with Crippen molar-refractivity contribution < 1.29 is 4.79 Å². The van der Waals surface area contributed by atoms with E-state index in [1.54, 1.807) is 12.4 Å². The smallest absolute Gasteiger partial charge is 0.220 e. The average molecular weight is 289 g/mol. The fraction of sp³-hybridized carbons (Fsp3) is 0.250. The lowest BCUT2D eigenvalue weighted by molar-refractivity contribution is -0.121. The SMILES string of the molecule is C[C@@H](NC(=O)CCc1ccc(Cl)cc1)c1ccncc1. The van der Waals surface area contributed by atoms with Crippen LogP contribution in [0.2, 0.25) is 5.02 Å². The largest absolute Gasteiger partial charge is 0.350 e. The monoisotopic (exact) mass is 288 g/mol. The molecule has 0 saturated carbocycles. The van der Waals surface area contributed by atoms with Crippen molar-refractivity contribution in [1.82, 2.24) is 10.3 Å². The molecule has 0 saturated heterocycles. The van der Waals surface area contributed by atoms with Crippen LogP contribution in [0.1, 0.15) is 30.5 Å². The van der Waals surface area contributed by atoms with Gasteiger partial charge in [0.15, 0.2) is 0 Å². The molecule has 1 amide bonds. The Hall–Kier alpha value is -1.87. The first-order valence-corrected chi connectivity index (χ1v) is 6.96. The number of carbonyl (C=O) groups excluding carboxylic acids is 1. The van der Waals surface area contributed by atoms with Gasteiger partial charge in [0, 0.05) is 23.8 Å². The maximum Gasteiger partial charge on any atom is 0.220 e. The molecule has 4 heteroatoms. The molecule has 0 spiro atoms. The average Bonchev–Trinajstić information content (AvgIpc) is 2.47. The van der Waals surface area contributed by atoms with Crippen LogP contribution in [-0.2, 0) is 11.2 Å². The van der Waals surface area contributed by atoms with Gasteiger partial charge in [0.2, 0.25) is 5.91 Å². The van der Waals surface area contributed by atoms with E-state index in [9.17, 15) is 4.79 Å². The van der Waals surface area contributed by atoms with Crippen LogP contribution in [0.25, 0.3) is 0 Å². The molecule has 1 aromatic carbocycles. The number of benzene rings is 1. The van der Waals surface area contributed by atoms with E-state index in [-0.39, 0.29) is 11.9 Å². The summed E-state index contributed by atoms with van der Waals surface area (Å²) in [5.74, 6) is 0.0456. The number of aryl methyl sites for hydroxylation is 1. The molecule has 0 unspecified atom stereocenters. The Labute approximate surface area is 124 Å². The van der Waals surface area contributed by atoms with E-state index in [1.165, 1.54) is 0 Å². The Morgan fingerprint density at radius 1 is 1.20 bits per heavy atom. The second-order valence-electron chi connectivity index (χ2n) is 4.70. The Kier molecular flexibility index (Phi) is 5.13. The summed E-state index contributed by atoms with van der Waals surface area (Å²) in [7, 11) is 0. The minimum Gasteiger partial charge on any atom is -0.350 e. The summed E-state index contributed by atoms with van der Waals surface area (Å²) in [6, 6.07) is 11.4. The van der Waals surface area contributed by atoms with Crippen LogP contribution in [0, 0.1) is 0 Å². The first-order chi connectivity index (χ1) is 9.65. The number of amides is 1. The highest BCUT2D eigenvalue weighted by Crippen LogP contribution is 2.13. The van der Waals surface area contributed by atoms with Crippen LogP contribution >= 0.6 is 11.6 Å². The molecule has 1 N–H and O–H groups in total. The molecule has 3 nitrogen and oxygen atoms in total.